The van der Waals surface area contributed by atoms with Crippen LogP contribution in [0.1, 0.15) is 11.9 Å². The topological polar surface area (TPSA) is 67.4 Å². The Kier molecular flexibility index (Phi) is 4.43. The van der Waals surface area contributed by atoms with Crippen molar-refractivity contribution >= 4 is 22.4 Å². The van der Waals surface area contributed by atoms with Gasteiger partial charge in [0.05, 0.1) is 13.2 Å². The Bertz CT molecular complexity index is 473. The number of alkyl halides is 3. The van der Waals surface area contributed by atoms with E-state index in [1.165, 1.54) is 0 Å². The zero-order chi connectivity index (χ0) is 14.8. The highest BCUT2D eigenvalue weighted by molar-refractivity contribution is 7.15. The highest BCUT2D eigenvalue weighted by Crippen LogP contribution is 2.33. The standard InChI is InChI=1S/C10H13F3N4O2S/c1-6(7(18)17-2-4-19-5-3-17)14-9-16-15-8(20-9)10(11,12)13/h6H,2-5H2,1H3,(H,14,16)/t6-/m1/s1. The molecule has 0 spiro atoms. The fraction of sp³-hybridized carbons (Fsp3) is 0.700. The Morgan fingerprint density at radius 3 is 2.60 bits per heavy atom. The summed E-state index contributed by atoms with van der Waals surface area (Å²) in [6, 6.07) is -0.665. The van der Waals surface area contributed by atoms with Crippen LogP contribution in [0.3, 0.4) is 0 Å². The molecular weight excluding hydrogens is 297 g/mol. The summed E-state index contributed by atoms with van der Waals surface area (Å²) >= 11 is 0.378. The number of anilines is 1. The van der Waals surface area contributed by atoms with Gasteiger partial charge < -0.3 is 15.0 Å². The first-order chi connectivity index (χ1) is 9.38. The van der Waals surface area contributed by atoms with E-state index in [2.05, 4.69) is 15.5 Å². The van der Waals surface area contributed by atoms with Crippen LogP contribution in [0.4, 0.5) is 18.3 Å². The van der Waals surface area contributed by atoms with Crippen molar-refractivity contribution in [2.24, 2.45) is 0 Å². The SMILES string of the molecule is C[C@@H](Nc1nnc(C(F)(F)F)s1)C(=O)N1CCOCC1. The largest absolute Gasteiger partial charge is 0.445 e. The number of aromatic nitrogens is 2. The molecule has 20 heavy (non-hydrogen) atoms. The van der Waals surface area contributed by atoms with Gasteiger partial charge in [0.15, 0.2) is 0 Å². The number of amides is 1. The van der Waals surface area contributed by atoms with Crippen molar-refractivity contribution in [1.29, 1.82) is 0 Å². The molecule has 1 aliphatic heterocycles. The molecule has 1 atom stereocenters. The molecular formula is C10H13F3N4O2S. The van der Waals surface area contributed by atoms with Gasteiger partial charge in [0, 0.05) is 13.1 Å². The maximum atomic E-state index is 12.4. The quantitative estimate of drug-likeness (QED) is 0.909. The zero-order valence-corrected chi connectivity index (χ0v) is 11.4. The van der Waals surface area contributed by atoms with Crippen LogP contribution in [0.2, 0.25) is 0 Å². The van der Waals surface area contributed by atoms with Gasteiger partial charge in [-0.3, -0.25) is 4.79 Å². The molecule has 1 aliphatic rings. The Morgan fingerprint density at radius 1 is 1.40 bits per heavy atom. The number of nitrogens with one attached hydrogen (secondary N) is 1. The van der Waals surface area contributed by atoms with Crippen LogP contribution >= 0.6 is 11.3 Å². The summed E-state index contributed by atoms with van der Waals surface area (Å²) in [7, 11) is 0. The molecule has 1 amide bonds. The number of hydrogen-bond donors (Lipinski definition) is 1. The Labute approximate surface area is 116 Å². The van der Waals surface area contributed by atoms with E-state index in [0.29, 0.717) is 37.6 Å². The predicted octanol–water partition coefficient (Wildman–Crippen LogP) is 1.22. The highest BCUT2D eigenvalue weighted by Gasteiger charge is 2.36. The third-order valence-corrected chi connectivity index (χ3v) is 3.60. The molecule has 2 rings (SSSR count). The molecule has 0 unspecified atom stereocenters. The molecule has 1 saturated heterocycles. The highest BCUT2D eigenvalue weighted by atomic mass is 32.1. The fourth-order valence-corrected chi connectivity index (χ4v) is 2.40. The molecule has 0 saturated carbocycles. The van der Waals surface area contributed by atoms with Crippen LogP contribution in [-0.4, -0.2) is 53.3 Å². The van der Waals surface area contributed by atoms with Gasteiger partial charge in [-0.25, -0.2) is 0 Å². The first-order valence-corrected chi connectivity index (χ1v) is 6.73. The predicted molar refractivity (Wildman–Crippen MR) is 65.4 cm³/mol. The van der Waals surface area contributed by atoms with Gasteiger partial charge in [-0.15, -0.1) is 10.2 Å². The van der Waals surface area contributed by atoms with E-state index in [1.54, 1.807) is 11.8 Å². The van der Waals surface area contributed by atoms with Crippen LogP contribution < -0.4 is 5.32 Å². The molecule has 1 fully saturated rings. The number of carbonyl (C=O) groups excluding carboxylic acids is 1. The molecule has 112 valence electrons. The van der Waals surface area contributed by atoms with Crippen molar-refractivity contribution in [3.8, 4) is 0 Å². The lowest BCUT2D eigenvalue weighted by atomic mass is 10.2. The summed E-state index contributed by atoms with van der Waals surface area (Å²) in [5.41, 5.74) is 0. The lowest BCUT2D eigenvalue weighted by Crippen LogP contribution is -2.46. The van der Waals surface area contributed by atoms with Crippen molar-refractivity contribution < 1.29 is 22.7 Å². The summed E-state index contributed by atoms with van der Waals surface area (Å²) in [5.74, 6) is -0.197. The molecule has 6 nitrogen and oxygen atoms in total. The Morgan fingerprint density at radius 2 is 2.05 bits per heavy atom. The van der Waals surface area contributed by atoms with Crippen molar-refractivity contribution in [3.63, 3.8) is 0 Å². The maximum absolute atomic E-state index is 12.4. The minimum atomic E-state index is -4.52. The van der Waals surface area contributed by atoms with Crippen LogP contribution in [-0.2, 0) is 15.7 Å². The van der Waals surface area contributed by atoms with Gasteiger partial charge in [-0.2, -0.15) is 13.2 Å². The molecule has 0 bridgehead atoms. The lowest BCUT2D eigenvalue weighted by molar-refractivity contribution is -0.138. The third kappa shape index (κ3) is 3.57. The van der Waals surface area contributed by atoms with Crippen molar-refractivity contribution in [2.45, 2.75) is 19.1 Å². The lowest BCUT2D eigenvalue weighted by Gasteiger charge is -2.29. The summed E-state index contributed by atoms with van der Waals surface area (Å²) < 4.78 is 42.3. The molecule has 1 N–H and O–H groups in total. The molecule has 0 radical (unpaired) electrons. The van der Waals surface area contributed by atoms with Gasteiger partial charge >= 0.3 is 6.18 Å². The van der Waals surface area contributed by atoms with Gasteiger partial charge in [0.1, 0.15) is 6.04 Å². The normalized spacial score (nSPS) is 17.9. The number of halogens is 3. The van der Waals surface area contributed by atoms with E-state index in [0.717, 1.165) is 0 Å². The molecule has 1 aromatic rings. The Balaban J connectivity index is 1.95. The molecule has 2 heterocycles. The second-order valence-corrected chi connectivity index (χ2v) is 5.19. The van der Waals surface area contributed by atoms with Gasteiger partial charge in [-0.1, -0.05) is 11.3 Å². The van der Waals surface area contributed by atoms with E-state index in [1.807, 2.05) is 0 Å². The van der Waals surface area contributed by atoms with E-state index in [4.69, 9.17) is 4.74 Å². The fourth-order valence-electron chi connectivity index (χ4n) is 1.70. The average Bonchev–Trinajstić information content (AvgIpc) is 2.87. The summed E-state index contributed by atoms with van der Waals surface area (Å²) in [6.07, 6.45) is -4.52. The van der Waals surface area contributed by atoms with Crippen LogP contribution in [0.25, 0.3) is 0 Å². The first-order valence-electron chi connectivity index (χ1n) is 5.91. The van der Waals surface area contributed by atoms with Gasteiger partial charge in [-0.05, 0) is 6.92 Å². The first kappa shape index (κ1) is 15.0. The number of carbonyl (C=O) groups is 1. The second kappa shape index (κ2) is 5.92. The van der Waals surface area contributed by atoms with Crippen molar-refractivity contribution in [1.82, 2.24) is 15.1 Å². The minimum Gasteiger partial charge on any atom is -0.378 e. The molecule has 10 heteroatoms. The Hall–Kier alpha value is -1.42. The van der Waals surface area contributed by atoms with E-state index < -0.39 is 17.2 Å². The average molecular weight is 310 g/mol. The molecule has 0 aromatic carbocycles. The van der Waals surface area contributed by atoms with E-state index in [-0.39, 0.29) is 11.0 Å². The van der Waals surface area contributed by atoms with Crippen LogP contribution in [0, 0.1) is 0 Å². The number of morpholine rings is 1. The van der Waals surface area contributed by atoms with Gasteiger partial charge in [0.2, 0.25) is 16.0 Å². The number of hydrogen-bond acceptors (Lipinski definition) is 6. The number of nitrogens with zero attached hydrogens (tertiary/aromatic N) is 3. The van der Waals surface area contributed by atoms with Crippen molar-refractivity contribution in [2.75, 3.05) is 31.6 Å². The maximum Gasteiger partial charge on any atom is 0.445 e. The monoisotopic (exact) mass is 310 g/mol. The van der Waals surface area contributed by atoms with E-state index in [9.17, 15) is 18.0 Å². The summed E-state index contributed by atoms with van der Waals surface area (Å²) in [6.45, 7) is 3.47. The zero-order valence-electron chi connectivity index (χ0n) is 10.6. The summed E-state index contributed by atoms with van der Waals surface area (Å²) in [5, 5.41) is 8.03. The second-order valence-electron chi connectivity index (χ2n) is 4.21. The molecule has 1 aromatic heterocycles. The third-order valence-electron chi connectivity index (χ3n) is 2.70. The van der Waals surface area contributed by atoms with Crippen LogP contribution in [0.5, 0.6) is 0 Å². The van der Waals surface area contributed by atoms with Gasteiger partial charge in [0.25, 0.3) is 0 Å². The van der Waals surface area contributed by atoms with E-state index >= 15 is 0 Å². The minimum absolute atomic E-state index is 0.0218. The van der Waals surface area contributed by atoms with Crippen LogP contribution in [0.15, 0.2) is 0 Å². The smallest absolute Gasteiger partial charge is 0.378 e. The molecule has 0 aliphatic carbocycles. The number of rotatable bonds is 3. The number of ether oxygens (including phenoxy) is 1. The van der Waals surface area contributed by atoms with Crippen molar-refractivity contribution in [3.05, 3.63) is 5.01 Å². The summed E-state index contributed by atoms with van der Waals surface area (Å²) in [4.78, 5) is 13.7.